The summed E-state index contributed by atoms with van der Waals surface area (Å²) in [5.74, 6) is -2.66. The van der Waals surface area contributed by atoms with Crippen LogP contribution in [0.4, 0.5) is 26.7 Å². The van der Waals surface area contributed by atoms with E-state index in [1.54, 1.807) is 32.9 Å². The number of esters is 1. The van der Waals surface area contributed by atoms with Crippen LogP contribution in [0.2, 0.25) is 0 Å². The summed E-state index contributed by atoms with van der Waals surface area (Å²) in [5, 5.41) is 5.19. The minimum absolute atomic E-state index is 0.192. The number of alkyl carbamates (subject to hydrolysis) is 1. The normalized spacial score (nSPS) is 14.2. The second-order valence-electron chi connectivity index (χ2n) is 12.4. The molecule has 0 aliphatic heterocycles. The maximum atomic E-state index is 14.0. The number of benzene rings is 3. The third-order valence-corrected chi connectivity index (χ3v) is 7.32. The first-order valence-electron chi connectivity index (χ1n) is 15.6. The van der Waals surface area contributed by atoms with Gasteiger partial charge in [0.2, 0.25) is 0 Å². The first-order valence-corrected chi connectivity index (χ1v) is 15.6. The van der Waals surface area contributed by atoms with Gasteiger partial charge in [-0.3, -0.25) is 9.59 Å². The molecule has 49 heavy (non-hydrogen) atoms. The molecule has 0 saturated heterocycles. The summed E-state index contributed by atoms with van der Waals surface area (Å²) in [6, 6.07) is 14.0. The van der Waals surface area contributed by atoms with Gasteiger partial charge in [-0.2, -0.15) is 17.6 Å². The van der Waals surface area contributed by atoms with Crippen LogP contribution in [0.3, 0.4) is 0 Å². The van der Waals surface area contributed by atoms with Crippen molar-refractivity contribution >= 4 is 24.0 Å². The summed E-state index contributed by atoms with van der Waals surface area (Å²) in [5.41, 5.74) is 1.64. The molecule has 3 aromatic rings. The van der Waals surface area contributed by atoms with E-state index in [4.69, 9.17) is 9.47 Å². The molecule has 1 aliphatic carbocycles. The van der Waals surface area contributed by atoms with Crippen molar-refractivity contribution in [2.75, 3.05) is 6.54 Å². The highest BCUT2D eigenvalue weighted by Gasteiger charge is 2.44. The van der Waals surface area contributed by atoms with Gasteiger partial charge in [-0.15, -0.1) is 0 Å². The standard InChI is InChI=1S/C36H37F5N2O6/c1-35(2,3)49-34(46)42-21-30(44)47-31(24-15-17-25(37)18-16-24)29(20-22-9-7-12-26(19-22)48-36(40,41)33(38)39)43-32(45)28-14-8-11-23-10-5-4-6-13-27(23)28/h6-9,11-19,29,31,33H,4-5,10,20-21H2,1-3H3,(H,42,46)(H,43,45). The van der Waals surface area contributed by atoms with Gasteiger partial charge in [-0.25, -0.2) is 9.18 Å². The molecule has 0 aromatic heterocycles. The smallest absolute Gasteiger partial charge is 0.454 e. The highest BCUT2D eigenvalue weighted by molar-refractivity contribution is 5.98. The molecule has 262 valence electrons. The van der Waals surface area contributed by atoms with E-state index in [1.807, 2.05) is 18.2 Å². The van der Waals surface area contributed by atoms with Gasteiger partial charge < -0.3 is 24.8 Å². The molecule has 0 saturated carbocycles. The largest absolute Gasteiger partial charge is 0.461 e. The number of alkyl halides is 4. The van der Waals surface area contributed by atoms with Gasteiger partial charge in [0.05, 0.1) is 6.04 Å². The molecule has 0 radical (unpaired) electrons. The van der Waals surface area contributed by atoms with E-state index in [9.17, 15) is 36.3 Å². The molecular formula is C36H37F5N2O6. The van der Waals surface area contributed by atoms with Crippen molar-refractivity contribution in [1.29, 1.82) is 0 Å². The Bertz CT molecular complexity index is 1660. The minimum Gasteiger partial charge on any atom is -0.454 e. The predicted molar refractivity (Wildman–Crippen MR) is 171 cm³/mol. The fraction of sp³-hybridized carbons (Fsp3) is 0.361. The lowest BCUT2D eigenvalue weighted by molar-refractivity contribution is -0.253. The molecule has 0 bridgehead atoms. The van der Waals surface area contributed by atoms with Gasteiger partial charge in [-0.05, 0) is 99.0 Å². The number of aryl methyl sites for hydroxylation is 1. The van der Waals surface area contributed by atoms with Gasteiger partial charge in [0.15, 0.2) is 0 Å². The van der Waals surface area contributed by atoms with Crippen LogP contribution in [0.5, 0.6) is 5.75 Å². The lowest BCUT2D eigenvalue weighted by atomic mass is 9.94. The molecule has 4 rings (SSSR count). The third-order valence-electron chi connectivity index (χ3n) is 7.32. The molecule has 2 N–H and O–H groups in total. The Morgan fingerprint density at radius 1 is 0.959 bits per heavy atom. The van der Waals surface area contributed by atoms with E-state index in [1.165, 1.54) is 24.3 Å². The quantitative estimate of drug-likeness (QED) is 0.150. The van der Waals surface area contributed by atoms with Crippen molar-refractivity contribution in [3.05, 3.63) is 106 Å². The van der Waals surface area contributed by atoms with E-state index >= 15 is 0 Å². The van der Waals surface area contributed by atoms with Crippen LogP contribution in [-0.2, 0) is 27.1 Å². The van der Waals surface area contributed by atoms with E-state index in [-0.39, 0.29) is 17.5 Å². The van der Waals surface area contributed by atoms with Crippen LogP contribution in [0.15, 0.2) is 72.8 Å². The van der Waals surface area contributed by atoms with Crippen molar-refractivity contribution < 1.29 is 50.5 Å². The number of allylic oxidation sites excluding steroid dienone is 1. The van der Waals surface area contributed by atoms with Gasteiger partial charge in [0, 0.05) is 5.56 Å². The zero-order valence-electron chi connectivity index (χ0n) is 27.1. The molecular weight excluding hydrogens is 651 g/mol. The number of amides is 2. The Labute approximate surface area is 280 Å². The maximum Gasteiger partial charge on any atom is 0.461 e. The van der Waals surface area contributed by atoms with Gasteiger partial charge >= 0.3 is 24.6 Å². The molecule has 3 aromatic carbocycles. The maximum absolute atomic E-state index is 14.0. The number of carbonyl (C=O) groups excluding carboxylic acids is 3. The molecule has 2 amide bonds. The summed E-state index contributed by atoms with van der Waals surface area (Å²) >= 11 is 0. The van der Waals surface area contributed by atoms with E-state index in [0.717, 1.165) is 49.1 Å². The summed E-state index contributed by atoms with van der Waals surface area (Å²) < 4.78 is 82.4. The van der Waals surface area contributed by atoms with Crippen molar-refractivity contribution in [3.63, 3.8) is 0 Å². The van der Waals surface area contributed by atoms with Crippen molar-refractivity contribution in [2.24, 2.45) is 0 Å². The molecule has 1 aliphatic rings. The lowest BCUT2D eigenvalue weighted by Gasteiger charge is -2.29. The van der Waals surface area contributed by atoms with Gasteiger partial charge in [0.1, 0.15) is 29.8 Å². The van der Waals surface area contributed by atoms with Crippen LogP contribution in [0, 0.1) is 5.82 Å². The summed E-state index contributed by atoms with van der Waals surface area (Å²) in [7, 11) is 0. The lowest BCUT2D eigenvalue weighted by Crippen LogP contribution is -2.44. The van der Waals surface area contributed by atoms with Gasteiger partial charge in [-0.1, -0.05) is 48.6 Å². The first kappa shape index (κ1) is 36.9. The highest BCUT2D eigenvalue weighted by Crippen LogP contribution is 2.31. The summed E-state index contributed by atoms with van der Waals surface area (Å²) in [6.45, 7) is 4.28. The van der Waals surface area contributed by atoms with Crippen LogP contribution >= 0.6 is 0 Å². The Balaban J connectivity index is 1.70. The van der Waals surface area contributed by atoms with E-state index in [0.29, 0.717) is 11.1 Å². The second kappa shape index (κ2) is 16.0. The molecule has 2 unspecified atom stereocenters. The Morgan fingerprint density at radius 2 is 1.67 bits per heavy atom. The molecule has 0 heterocycles. The minimum atomic E-state index is -4.77. The summed E-state index contributed by atoms with van der Waals surface area (Å²) in [4.78, 5) is 39.3. The van der Waals surface area contributed by atoms with Crippen LogP contribution < -0.4 is 15.4 Å². The topological polar surface area (TPSA) is 103 Å². The number of ether oxygens (including phenoxy) is 3. The number of rotatable bonds is 12. The van der Waals surface area contributed by atoms with Gasteiger partial charge in [0.25, 0.3) is 5.91 Å². The third kappa shape index (κ3) is 10.8. The molecule has 13 heteroatoms. The number of hydrogen-bond acceptors (Lipinski definition) is 6. The number of fused-ring (bicyclic) bond motifs is 1. The number of carbonyl (C=O) groups is 3. The fourth-order valence-electron chi connectivity index (χ4n) is 5.19. The Kier molecular flexibility index (Phi) is 12.0. The molecule has 8 nitrogen and oxygen atoms in total. The number of nitrogens with one attached hydrogen (secondary N) is 2. The first-order chi connectivity index (χ1) is 23.1. The second-order valence-corrected chi connectivity index (χ2v) is 12.4. The number of halogens is 5. The van der Waals surface area contributed by atoms with Crippen molar-refractivity contribution in [2.45, 2.75) is 76.7 Å². The van der Waals surface area contributed by atoms with Crippen molar-refractivity contribution in [1.82, 2.24) is 10.6 Å². The molecule has 0 fully saturated rings. The van der Waals surface area contributed by atoms with Crippen LogP contribution in [-0.4, -0.2) is 48.7 Å². The SMILES string of the molecule is CC(C)(C)OC(=O)NCC(=O)OC(c1ccc(F)cc1)C(Cc1cccc(OC(F)(F)C(F)F)c1)NC(=O)c1cccc2c1C=CCCC2. The van der Waals surface area contributed by atoms with Crippen LogP contribution in [0.25, 0.3) is 6.08 Å². The average molecular weight is 689 g/mol. The summed E-state index contributed by atoms with van der Waals surface area (Å²) in [6.07, 6.45) is -4.98. The Hall–Kier alpha value is -4.94. The van der Waals surface area contributed by atoms with Crippen LogP contribution in [0.1, 0.15) is 72.3 Å². The zero-order valence-corrected chi connectivity index (χ0v) is 27.1. The molecule has 0 spiro atoms. The fourth-order valence-corrected chi connectivity index (χ4v) is 5.19. The Morgan fingerprint density at radius 3 is 2.37 bits per heavy atom. The highest BCUT2D eigenvalue weighted by atomic mass is 19.3. The monoisotopic (exact) mass is 688 g/mol. The molecule has 2 atom stereocenters. The van der Waals surface area contributed by atoms with E-state index < -0.39 is 66.4 Å². The number of hydrogen-bond donors (Lipinski definition) is 2. The average Bonchev–Trinajstić information content (AvgIpc) is 3.28. The zero-order chi connectivity index (χ0) is 35.8. The van der Waals surface area contributed by atoms with Crippen molar-refractivity contribution in [3.8, 4) is 5.75 Å². The predicted octanol–water partition coefficient (Wildman–Crippen LogP) is 7.56. The van der Waals surface area contributed by atoms with E-state index in [2.05, 4.69) is 15.4 Å².